The average molecular weight is 353 g/mol. The maximum atomic E-state index is 13.1. The summed E-state index contributed by atoms with van der Waals surface area (Å²) in [7, 11) is 5.22. The van der Waals surface area contributed by atoms with Crippen molar-refractivity contribution in [1.29, 1.82) is 0 Å². The zero-order valence-corrected chi connectivity index (χ0v) is 16.1. The summed E-state index contributed by atoms with van der Waals surface area (Å²) in [6, 6.07) is 14.9. The Kier molecular flexibility index (Phi) is 6.52. The van der Waals surface area contributed by atoms with Crippen LogP contribution < -0.4 is 5.32 Å². The van der Waals surface area contributed by atoms with Crippen molar-refractivity contribution in [2.45, 2.75) is 19.9 Å². The number of carbonyl (C=O) groups is 2. The van der Waals surface area contributed by atoms with Crippen molar-refractivity contribution < 1.29 is 9.59 Å². The van der Waals surface area contributed by atoms with Crippen LogP contribution in [0.2, 0.25) is 0 Å². The Morgan fingerprint density at radius 3 is 2.08 bits per heavy atom. The second kappa shape index (κ2) is 8.63. The predicted octanol–water partition coefficient (Wildman–Crippen LogP) is 3.00. The number of nitrogens with zero attached hydrogens (tertiary/aromatic N) is 2. The fraction of sp³-hybridized carbons (Fsp3) is 0.333. The number of aryl methyl sites for hydroxylation is 2. The molecule has 0 fully saturated rings. The maximum Gasteiger partial charge on any atom is 0.246 e. The number of likely N-dealkylation sites (N-methyl/N-ethyl adjacent to an activating group) is 2. The van der Waals surface area contributed by atoms with Gasteiger partial charge in [-0.05, 0) is 49.7 Å². The van der Waals surface area contributed by atoms with Crippen molar-refractivity contribution in [3.8, 4) is 0 Å². The smallest absolute Gasteiger partial charge is 0.246 e. The molecule has 0 spiro atoms. The number of carbonyl (C=O) groups excluding carboxylic acids is 2. The summed E-state index contributed by atoms with van der Waals surface area (Å²) in [5.74, 6) is -0.206. The maximum absolute atomic E-state index is 13.1. The van der Waals surface area contributed by atoms with E-state index in [9.17, 15) is 9.59 Å². The molecule has 138 valence electrons. The van der Waals surface area contributed by atoms with Crippen LogP contribution in [-0.2, 0) is 9.59 Å². The summed E-state index contributed by atoms with van der Waals surface area (Å²) in [5.41, 5.74) is 3.80. The van der Waals surface area contributed by atoms with Gasteiger partial charge >= 0.3 is 0 Å². The molecule has 5 nitrogen and oxygen atoms in total. The highest BCUT2D eigenvalue weighted by Gasteiger charge is 2.27. The van der Waals surface area contributed by atoms with Crippen LogP contribution in [0.1, 0.15) is 22.7 Å². The van der Waals surface area contributed by atoms with Crippen molar-refractivity contribution in [2.24, 2.45) is 0 Å². The highest BCUT2D eigenvalue weighted by Crippen LogP contribution is 2.22. The van der Waals surface area contributed by atoms with E-state index in [2.05, 4.69) is 11.4 Å². The van der Waals surface area contributed by atoms with E-state index < -0.39 is 6.04 Å². The molecule has 2 amide bonds. The molecular formula is C21H27N3O2. The molecule has 1 N–H and O–H groups in total. The van der Waals surface area contributed by atoms with Crippen molar-refractivity contribution in [2.75, 3.05) is 33.0 Å². The molecule has 2 aromatic carbocycles. The van der Waals surface area contributed by atoms with Gasteiger partial charge in [-0.2, -0.15) is 0 Å². The van der Waals surface area contributed by atoms with Gasteiger partial charge in [-0.1, -0.05) is 36.4 Å². The lowest BCUT2D eigenvalue weighted by Crippen LogP contribution is -2.41. The van der Waals surface area contributed by atoms with Crippen LogP contribution in [0.5, 0.6) is 0 Å². The highest BCUT2D eigenvalue weighted by molar-refractivity contribution is 5.96. The van der Waals surface area contributed by atoms with Crippen molar-refractivity contribution >= 4 is 17.5 Å². The van der Waals surface area contributed by atoms with E-state index in [4.69, 9.17) is 0 Å². The van der Waals surface area contributed by atoms with Gasteiger partial charge < -0.3 is 10.2 Å². The van der Waals surface area contributed by atoms with Crippen LogP contribution in [0.25, 0.3) is 0 Å². The first kappa shape index (κ1) is 19.7. The summed E-state index contributed by atoms with van der Waals surface area (Å²) in [6.07, 6.45) is 0. The van der Waals surface area contributed by atoms with Gasteiger partial charge in [0.25, 0.3) is 0 Å². The van der Waals surface area contributed by atoms with Gasteiger partial charge in [0.2, 0.25) is 11.8 Å². The third-order valence-corrected chi connectivity index (χ3v) is 4.18. The normalized spacial score (nSPS) is 11.9. The Balaban J connectivity index is 2.28. The van der Waals surface area contributed by atoms with E-state index in [-0.39, 0.29) is 18.4 Å². The minimum Gasteiger partial charge on any atom is -0.348 e. The van der Waals surface area contributed by atoms with E-state index >= 15 is 0 Å². The number of amides is 2. The van der Waals surface area contributed by atoms with Gasteiger partial charge in [0.1, 0.15) is 6.04 Å². The van der Waals surface area contributed by atoms with Gasteiger partial charge in [-0.15, -0.1) is 0 Å². The molecular weight excluding hydrogens is 326 g/mol. The average Bonchev–Trinajstić information content (AvgIpc) is 2.54. The summed E-state index contributed by atoms with van der Waals surface area (Å²) >= 11 is 0. The van der Waals surface area contributed by atoms with Crippen molar-refractivity contribution in [1.82, 2.24) is 9.80 Å². The zero-order valence-electron chi connectivity index (χ0n) is 16.1. The lowest BCUT2D eigenvalue weighted by Gasteiger charge is -2.28. The largest absolute Gasteiger partial charge is 0.348 e. The monoisotopic (exact) mass is 353 g/mol. The Hall–Kier alpha value is -2.66. The van der Waals surface area contributed by atoms with E-state index in [0.29, 0.717) is 0 Å². The minimum atomic E-state index is -0.555. The van der Waals surface area contributed by atoms with E-state index in [1.807, 2.05) is 56.3 Å². The van der Waals surface area contributed by atoms with Crippen LogP contribution >= 0.6 is 0 Å². The summed E-state index contributed by atoms with van der Waals surface area (Å²) in [6.45, 7) is 4.16. The predicted molar refractivity (Wildman–Crippen MR) is 105 cm³/mol. The summed E-state index contributed by atoms with van der Waals surface area (Å²) in [4.78, 5) is 28.5. The minimum absolute atomic E-state index is 0.0485. The molecule has 0 aromatic heterocycles. The molecule has 0 aliphatic carbocycles. The van der Waals surface area contributed by atoms with E-state index in [0.717, 1.165) is 22.4 Å². The molecule has 0 saturated heterocycles. The van der Waals surface area contributed by atoms with Crippen LogP contribution in [-0.4, -0.2) is 49.3 Å². The number of anilines is 1. The highest BCUT2D eigenvalue weighted by atomic mass is 16.2. The van der Waals surface area contributed by atoms with Gasteiger partial charge in [0, 0.05) is 19.8 Å². The molecule has 0 aliphatic rings. The quantitative estimate of drug-likeness (QED) is 0.869. The Labute approximate surface area is 155 Å². The third kappa shape index (κ3) is 5.17. The Bertz CT molecular complexity index is 752. The molecule has 2 rings (SSSR count). The Morgan fingerprint density at radius 1 is 0.962 bits per heavy atom. The van der Waals surface area contributed by atoms with Crippen LogP contribution in [0.3, 0.4) is 0 Å². The fourth-order valence-electron chi connectivity index (χ4n) is 2.94. The molecule has 26 heavy (non-hydrogen) atoms. The first-order valence-corrected chi connectivity index (χ1v) is 8.62. The molecule has 0 heterocycles. The lowest BCUT2D eigenvalue weighted by atomic mass is 10.0. The number of hydrogen-bond donors (Lipinski definition) is 1. The molecule has 2 aromatic rings. The van der Waals surface area contributed by atoms with E-state index in [1.54, 1.807) is 26.0 Å². The Morgan fingerprint density at radius 2 is 1.54 bits per heavy atom. The van der Waals surface area contributed by atoms with Gasteiger partial charge in [0.15, 0.2) is 0 Å². The van der Waals surface area contributed by atoms with Crippen molar-refractivity contribution in [3.63, 3.8) is 0 Å². The first-order chi connectivity index (χ1) is 12.3. The molecule has 1 atom stereocenters. The molecule has 0 saturated carbocycles. The van der Waals surface area contributed by atoms with E-state index in [1.165, 1.54) is 4.90 Å². The number of nitrogens with one attached hydrogen (secondary N) is 1. The number of rotatable bonds is 6. The molecule has 0 bridgehead atoms. The van der Waals surface area contributed by atoms with Crippen LogP contribution in [0.4, 0.5) is 5.69 Å². The lowest BCUT2D eigenvalue weighted by molar-refractivity contribution is -0.131. The topological polar surface area (TPSA) is 52.7 Å². The van der Waals surface area contributed by atoms with Gasteiger partial charge in [0.05, 0.1) is 6.54 Å². The third-order valence-electron chi connectivity index (χ3n) is 4.18. The van der Waals surface area contributed by atoms with Crippen molar-refractivity contribution in [3.05, 3.63) is 65.2 Å². The SMILES string of the molecule is Cc1cc(C)cc(NC(=O)C(c2ccccc2)N(C)CC(=O)N(C)C)c1. The number of benzene rings is 2. The second-order valence-corrected chi connectivity index (χ2v) is 6.88. The summed E-state index contributed by atoms with van der Waals surface area (Å²) in [5, 5.41) is 3.00. The number of hydrogen-bond acceptors (Lipinski definition) is 3. The fourth-order valence-corrected chi connectivity index (χ4v) is 2.94. The molecule has 1 unspecified atom stereocenters. The summed E-state index contributed by atoms with van der Waals surface area (Å²) < 4.78 is 0. The standard InChI is InChI=1S/C21H27N3O2/c1-15-11-16(2)13-18(12-15)22-21(26)20(17-9-7-6-8-10-17)24(5)14-19(25)23(3)4/h6-13,20H,14H2,1-5H3,(H,22,26). The molecule has 0 aliphatic heterocycles. The molecule has 5 heteroatoms. The second-order valence-electron chi connectivity index (χ2n) is 6.88. The van der Waals surface area contributed by atoms with Gasteiger partial charge in [-0.3, -0.25) is 14.5 Å². The van der Waals surface area contributed by atoms with Gasteiger partial charge in [-0.25, -0.2) is 0 Å². The zero-order chi connectivity index (χ0) is 19.3. The molecule has 0 radical (unpaired) electrons. The van der Waals surface area contributed by atoms with Crippen LogP contribution in [0, 0.1) is 13.8 Å². The van der Waals surface area contributed by atoms with Crippen LogP contribution in [0.15, 0.2) is 48.5 Å². The first-order valence-electron chi connectivity index (χ1n) is 8.62.